The zero-order chi connectivity index (χ0) is 27.8. The molecule has 4 aromatic rings. The number of rotatable bonds is 8. The van der Waals surface area contributed by atoms with Gasteiger partial charge in [-0.05, 0) is 38.1 Å². The van der Waals surface area contributed by atoms with Crippen molar-refractivity contribution in [3.63, 3.8) is 0 Å². The average molecular weight is 568 g/mol. The topological polar surface area (TPSA) is 155 Å². The number of carbonyl (C=O) groups excluding carboxylic acids is 3. The molecule has 0 saturated carbocycles. The normalized spacial score (nSPS) is 12.1. The van der Waals surface area contributed by atoms with Gasteiger partial charge in [0.05, 0.1) is 33.1 Å². The Balaban J connectivity index is 1.59. The van der Waals surface area contributed by atoms with Gasteiger partial charge in [-0.15, -0.1) is 0 Å². The summed E-state index contributed by atoms with van der Waals surface area (Å²) in [4.78, 5) is 40.9. The highest BCUT2D eigenvalue weighted by atomic mass is 35.5. The summed E-state index contributed by atoms with van der Waals surface area (Å²) < 4.78 is 41.2. The van der Waals surface area contributed by atoms with Gasteiger partial charge in [-0.2, -0.15) is 18.3 Å². The lowest BCUT2D eigenvalue weighted by molar-refractivity contribution is -0.136. The first kappa shape index (κ1) is 27.1. The lowest BCUT2D eigenvalue weighted by atomic mass is 10.0. The van der Waals surface area contributed by atoms with Crippen molar-refractivity contribution >= 4 is 72.6 Å². The van der Waals surface area contributed by atoms with E-state index in [9.17, 15) is 27.6 Å². The van der Waals surface area contributed by atoms with Gasteiger partial charge in [-0.1, -0.05) is 22.9 Å². The van der Waals surface area contributed by atoms with E-state index in [0.29, 0.717) is 5.39 Å². The molecule has 2 aromatic heterocycles. The number of amides is 3. The average Bonchev–Trinajstić information content (AvgIpc) is 3.44. The van der Waals surface area contributed by atoms with Crippen LogP contribution in [0.3, 0.4) is 0 Å². The van der Waals surface area contributed by atoms with Gasteiger partial charge in [-0.3, -0.25) is 24.8 Å². The molecule has 0 fully saturated rings. The van der Waals surface area contributed by atoms with Crippen LogP contribution in [0.15, 0.2) is 30.5 Å². The fraction of sp³-hybridized carbons (Fsp3) is 0.261. The van der Waals surface area contributed by atoms with Gasteiger partial charge in [0, 0.05) is 29.1 Å². The molecule has 6 N–H and O–H groups in total. The fourth-order valence-corrected chi connectivity index (χ4v) is 4.78. The second kappa shape index (κ2) is 10.1. The molecule has 15 heteroatoms. The van der Waals surface area contributed by atoms with Gasteiger partial charge in [-0.25, -0.2) is 4.98 Å². The summed E-state index contributed by atoms with van der Waals surface area (Å²) in [6, 6.07) is 5.33. The fourth-order valence-electron chi connectivity index (χ4n) is 3.61. The molecule has 3 amide bonds. The minimum atomic E-state index is -4.67. The van der Waals surface area contributed by atoms with Crippen molar-refractivity contribution < 1.29 is 27.6 Å². The molecule has 0 aliphatic rings. The van der Waals surface area contributed by atoms with Crippen molar-refractivity contribution in [2.75, 3.05) is 17.2 Å². The number of nitrogens with zero attached hydrogens (tertiary/aromatic N) is 2. The summed E-state index contributed by atoms with van der Waals surface area (Å²) in [7, 11) is 0. The van der Waals surface area contributed by atoms with E-state index in [2.05, 4.69) is 31.1 Å². The molecular weight excluding hydrogens is 547 g/mol. The van der Waals surface area contributed by atoms with E-state index in [1.54, 1.807) is 0 Å². The second-order valence-electron chi connectivity index (χ2n) is 8.82. The second-order valence-corrected chi connectivity index (χ2v) is 10.3. The Bertz CT molecular complexity index is 1570. The first-order chi connectivity index (χ1) is 17.8. The maximum absolute atomic E-state index is 13.7. The minimum absolute atomic E-state index is 0.00541. The third-order valence-electron chi connectivity index (χ3n) is 5.51. The number of carbonyl (C=O) groups is 3. The van der Waals surface area contributed by atoms with E-state index in [1.165, 1.54) is 38.2 Å². The van der Waals surface area contributed by atoms with E-state index < -0.39 is 35.0 Å². The largest absolute Gasteiger partial charge is 0.418 e. The molecule has 0 saturated heterocycles. The Morgan fingerprint density at radius 1 is 1.18 bits per heavy atom. The Hall–Kier alpha value is -3.91. The summed E-state index contributed by atoms with van der Waals surface area (Å²) in [5, 5.41) is 15.1. The van der Waals surface area contributed by atoms with Crippen LogP contribution in [0, 0.1) is 0 Å². The smallest absolute Gasteiger partial charge is 0.371 e. The molecule has 2 aromatic carbocycles. The zero-order valence-corrected chi connectivity index (χ0v) is 21.5. The molecule has 4 rings (SSSR count). The number of nitrogens with one attached hydrogen (secondary N) is 4. The summed E-state index contributed by atoms with van der Waals surface area (Å²) >= 11 is 6.93. The molecule has 0 spiro atoms. The minimum Gasteiger partial charge on any atom is -0.371 e. The number of anilines is 2. The number of thiazole rings is 1. The van der Waals surface area contributed by atoms with Crippen molar-refractivity contribution in [3.8, 4) is 0 Å². The van der Waals surface area contributed by atoms with Crippen LogP contribution >= 0.6 is 22.9 Å². The van der Waals surface area contributed by atoms with E-state index in [4.69, 9.17) is 17.3 Å². The number of hydrogen-bond donors (Lipinski definition) is 5. The Morgan fingerprint density at radius 3 is 2.61 bits per heavy atom. The van der Waals surface area contributed by atoms with Crippen LogP contribution < -0.4 is 21.7 Å². The van der Waals surface area contributed by atoms with Crippen LogP contribution in [0.2, 0.25) is 5.02 Å². The number of aromatic amines is 1. The third kappa shape index (κ3) is 5.65. The van der Waals surface area contributed by atoms with Crippen molar-refractivity contribution in [1.29, 1.82) is 0 Å². The van der Waals surface area contributed by atoms with E-state index >= 15 is 0 Å². The summed E-state index contributed by atoms with van der Waals surface area (Å²) in [5.41, 5.74) is 3.05. The molecule has 0 aliphatic heterocycles. The van der Waals surface area contributed by atoms with Gasteiger partial charge in [0.1, 0.15) is 5.54 Å². The summed E-state index contributed by atoms with van der Waals surface area (Å²) in [5.74, 6) is -1.76. The number of nitrogens with two attached hydrogens (primary N) is 1. The van der Waals surface area contributed by atoms with Gasteiger partial charge < -0.3 is 16.4 Å². The quantitative estimate of drug-likeness (QED) is 0.214. The Morgan fingerprint density at radius 2 is 1.92 bits per heavy atom. The van der Waals surface area contributed by atoms with Crippen molar-refractivity contribution in [3.05, 3.63) is 46.6 Å². The molecule has 0 bridgehead atoms. The van der Waals surface area contributed by atoms with Crippen LogP contribution in [0.1, 0.15) is 36.2 Å². The summed E-state index contributed by atoms with van der Waals surface area (Å²) in [6.07, 6.45) is -3.34. The predicted molar refractivity (Wildman–Crippen MR) is 138 cm³/mol. The molecule has 10 nitrogen and oxygen atoms in total. The van der Waals surface area contributed by atoms with Crippen LogP contribution in [0.5, 0.6) is 0 Å². The molecule has 38 heavy (non-hydrogen) atoms. The van der Waals surface area contributed by atoms with E-state index in [-0.39, 0.29) is 50.1 Å². The zero-order valence-electron chi connectivity index (χ0n) is 19.9. The highest BCUT2D eigenvalue weighted by molar-refractivity contribution is 7.23. The number of fused-ring (bicyclic) bond motifs is 3. The van der Waals surface area contributed by atoms with Crippen molar-refractivity contribution in [2.24, 2.45) is 5.73 Å². The number of primary amides is 1. The van der Waals surface area contributed by atoms with Gasteiger partial charge >= 0.3 is 6.18 Å². The molecular formula is C23H21ClF3N7O3S. The molecule has 0 atom stereocenters. The van der Waals surface area contributed by atoms with E-state index in [1.807, 2.05) is 0 Å². The predicted octanol–water partition coefficient (Wildman–Crippen LogP) is 4.28. The summed E-state index contributed by atoms with van der Waals surface area (Å²) in [6.45, 7) is 3.05. The van der Waals surface area contributed by atoms with Gasteiger partial charge in [0.15, 0.2) is 5.13 Å². The lowest BCUT2D eigenvalue weighted by Gasteiger charge is -2.27. The van der Waals surface area contributed by atoms with Gasteiger partial charge in [0.25, 0.3) is 11.8 Å². The van der Waals surface area contributed by atoms with E-state index in [0.717, 1.165) is 17.4 Å². The van der Waals surface area contributed by atoms with Crippen LogP contribution in [-0.2, 0) is 15.8 Å². The number of aromatic nitrogens is 3. The van der Waals surface area contributed by atoms with Crippen molar-refractivity contribution in [1.82, 2.24) is 20.5 Å². The maximum atomic E-state index is 13.7. The maximum Gasteiger partial charge on any atom is 0.418 e. The van der Waals surface area contributed by atoms with Crippen molar-refractivity contribution in [2.45, 2.75) is 32.0 Å². The first-order valence-corrected chi connectivity index (χ1v) is 12.2. The lowest BCUT2D eigenvalue weighted by Crippen LogP contribution is -2.44. The molecule has 2 heterocycles. The third-order valence-corrected chi connectivity index (χ3v) is 6.75. The number of halogens is 4. The number of hydrogen-bond acceptors (Lipinski definition) is 7. The van der Waals surface area contributed by atoms with Crippen LogP contribution in [0.4, 0.5) is 24.0 Å². The van der Waals surface area contributed by atoms with Gasteiger partial charge in [0.2, 0.25) is 5.91 Å². The molecule has 0 unspecified atom stereocenters. The standard InChI is InChI=1S/C23H21ClF3N7O3S/c1-22(2,33-14-4-3-10(24)7-11(14)19(36)29-6-5-16(28)35)20(37)32-21-31-17-13(23(25,26)27)8-15-12(9-30-34-15)18(17)38-21/h3-4,7-9,33H,5-6H2,1-2H3,(H2,28,35)(H,29,36)(H,30,34)(H,31,32,37). The van der Waals surface area contributed by atoms with Crippen LogP contribution in [-0.4, -0.2) is 45.0 Å². The number of benzene rings is 2. The highest BCUT2D eigenvalue weighted by Gasteiger charge is 2.36. The number of H-pyrrole nitrogens is 1. The number of alkyl halides is 3. The monoisotopic (exact) mass is 567 g/mol. The highest BCUT2D eigenvalue weighted by Crippen LogP contribution is 2.41. The Labute approximate surface area is 222 Å². The first-order valence-electron chi connectivity index (χ1n) is 11.1. The SMILES string of the molecule is CC(C)(Nc1ccc(Cl)cc1C(=O)NCCC(N)=O)C(=O)Nc1nc2c(C(F)(F)F)cc3[nH]ncc3c2s1. The van der Waals surface area contributed by atoms with Crippen LogP contribution in [0.25, 0.3) is 21.1 Å². The Kier molecular flexibility index (Phi) is 7.21. The molecule has 0 aliphatic carbocycles. The molecule has 0 radical (unpaired) electrons. The molecule has 200 valence electrons.